The number of hydrogen-bond donors (Lipinski definition) is 2. The molecule has 1 heterocycles. The molecule has 112 valence electrons. The average Bonchev–Trinajstić information content (AvgIpc) is 2.91. The highest BCUT2D eigenvalue weighted by Gasteiger charge is 2.35. The van der Waals surface area contributed by atoms with Crippen LogP contribution in [0.15, 0.2) is 30.3 Å². The summed E-state index contributed by atoms with van der Waals surface area (Å²) in [5.41, 5.74) is 0.737. The van der Waals surface area contributed by atoms with Crippen LogP contribution in [0.3, 0.4) is 0 Å². The summed E-state index contributed by atoms with van der Waals surface area (Å²) >= 11 is 4.57. The SMILES string of the molecule is O=C(NCCNc1nnnn1-c1ccccc1)C(F)(F)Cl. The van der Waals surface area contributed by atoms with E-state index in [1.807, 2.05) is 23.5 Å². The van der Waals surface area contributed by atoms with Gasteiger partial charge >= 0.3 is 11.3 Å². The number of amides is 1. The van der Waals surface area contributed by atoms with Crippen molar-refractivity contribution in [1.29, 1.82) is 0 Å². The molecule has 7 nitrogen and oxygen atoms in total. The van der Waals surface area contributed by atoms with Crippen molar-refractivity contribution in [2.45, 2.75) is 5.38 Å². The number of nitrogens with zero attached hydrogens (tertiary/aromatic N) is 4. The number of carbonyl (C=O) groups excluding carboxylic acids is 1. The molecule has 0 fully saturated rings. The Bertz CT molecular complexity index is 600. The van der Waals surface area contributed by atoms with E-state index in [-0.39, 0.29) is 13.1 Å². The summed E-state index contributed by atoms with van der Waals surface area (Å²) in [6, 6.07) is 9.10. The maximum Gasteiger partial charge on any atom is 0.399 e. The van der Waals surface area contributed by atoms with Crippen LogP contribution in [0.2, 0.25) is 0 Å². The Morgan fingerprint density at radius 3 is 2.67 bits per heavy atom. The summed E-state index contributed by atoms with van der Waals surface area (Å²) in [6.45, 7) is 0.106. The van der Waals surface area contributed by atoms with Gasteiger partial charge in [-0.2, -0.15) is 13.5 Å². The molecule has 0 aliphatic carbocycles. The molecule has 10 heteroatoms. The van der Waals surface area contributed by atoms with Crippen LogP contribution in [0.5, 0.6) is 0 Å². The van der Waals surface area contributed by atoms with Crippen molar-refractivity contribution in [2.24, 2.45) is 0 Å². The van der Waals surface area contributed by atoms with Crippen molar-refractivity contribution < 1.29 is 13.6 Å². The Kier molecular flexibility index (Phi) is 4.63. The zero-order valence-corrected chi connectivity index (χ0v) is 11.4. The van der Waals surface area contributed by atoms with E-state index in [2.05, 4.69) is 32.4 Å². The van der Waals surface area contributed by atoms with Gasteiger partial charge < -0.3 is 10.6 Å². The molecule has 2 aromatic rings. The molecule has 2 N–H and O–H groups in total. The standard InChI is InChI=1S/C11H11ClF2N6O/c12-11(13,14)9(21)15-6-7-16-10-17-18-19-20(10)8-4-2-1-3-5-8/h1-5H,6-7H2,(H,15,21)(H,16,17,19). The predicted molar refractivity (Wildman–Crippen MR) is 71.5 cm³/mol. The molecule has 0 atom stereocenters. The molecular formula is C11H11ClF2N6O. The minimum absolute atomic E-state index is 0.0528. The molecule has 0 unspecified atom stereocenters. The summed E-state index contributed by atoms with van der Waals surface area (Å²) < 4.78 is 26.2. The van der Waals surface area contributed by atoms with E-state index in [0.29, 0.717) is 5.95 Å². The van der Waals surface area contributed by atoms with Crippen LogP contribution < -0.4 is 10.6 Å². The van der Waals surface area contributed by atoms with Crippen LogP contribution in [0.4, 0.5) is 14.7 Å². The van der Waals surface area contributed by atoms with E-state index >= 15 is 0 Å². The largest absolute Gasteiger partial charge is 0.399 e. The fourth-order valence-corrected chi connectivity index (χ4v) is 1.56. The minimum Gasteiger partial charge on any atom is -0.351 e. The second-order valence-electron chi connectivity index (χ2n) is 3.93. The molecule has 21 heavy (non-hydrogen) atoms. The smallest absolute Gasteiger partial charge is 0.351 e. The van der Waals surface area contributed by atoms with Gasteiger partial charge in [0.05, 0.1) is 5.69 Å². The third kappa shape index (κ3) is 4.09. The highest BCUT2D eigenvalue weighted by atomic mass is 35.5. The number of aromatic nitrogens is 4. The first kappa shape index (κ1) is 15.1. The summed E-state index contributed by atoms with van der Waals surface area (Å²) in [6.07, 6.45) is 0. The van der Waals surface area contributed by atoms with Crippen LogP contribution >= 0.6 is 11.6 Å². The Morgan fingerprint density at radius 1 is 1.29 bits per heavy atom. The van der Waals surface area contributed by atoms with Crippen LogP contribution in [0, 0.1) is 0 Å². The van der Waals surface area contributed by atoms with E-state index in [9.17, 15) is 13.6 Å². The number of halogens is 3. The third-order valence-electron chi connectivity index (χ3n) is 2.42. The summed E-state index contributed by atoms with van der Waals surface area (Å²) in [5.74, 6) is -1.22. The zero-order valence-electron chi connectivity index (χ0n) is 10.6. The summed E-state index contributed by atoms with van der Waals surface area (Å²) in [7, 11) is 0. The number of benzene rings is 1. The first-order valence-corrected chi connectivity index (χ1v) is 6.29. The van der Waals surface area contributed by atoms with Crippen molar-refractivity contribution >= 4 is 23.5 Å². The van der Waals surface area contributed by atoms with E-state index in [4.69, 9.17) is 0 Å². The molecule has 1 aromatic heterocycles. The molecule has 1 aromatic carbocycles. The Balaban J connectivity index is 1.88. The molecule has 2 rings (SSSR count). The second-order valence-corrected chi connectivity index (χ2v) is 4.40. The van der Waals surface area contributed by atoms with Crippen LogP contribution in [0.1, 0.15) is 0 Å². The number of carbonyl (C=O) groups is 1. The zero-order chi connectivity index (χ0) is 15.3. The van der Waals surface area contributed by atoms with E-state index in [1.165, 1.54) is 4.68 Å². The second kappa shape index (κ2) is 6.44. The van der Waals surface area contributed by atoms with Gasteiger partial charge in [-0.3, -0.25) is 4.79 Å². The Morgan fingerprint density at radius 2 is 2.00 bits per heavy atom. The van der Waals surface area contributed by atoms with Gasteiger partial charge in [-0.05, 0) is 34.2 Å². The van der Waals surface area contributed by atoms with Gasteiger partial charge in [-0.15, -0.1) is 0 Å². The normalized spacial score (nSPS) is 11.2. The summed E-state index contributed by atoms with van der Waals surface area (Å²) in [4.78, 5) is 10.8. The van der Waals surface area contributed by atoms with Gasteiger partial charge in [0.1, 0.15) is 0 Å². The van der Waals surface area contributed by atoms with Crippen molar-refractivity contribution in [1.82, 2.24) is 25.5 Å². The van der Waals surface area contributed by atoms with Crippen LogP contribution in [-0.4, -0.2) is 44.6 Å². The van der Waals surface area contributed by atoms with E-state index < -0.39 is 11.3 Å². The number of anilines is 1. The molecule has 0 radical (unpaired) electrons. The lowest BCUT2D eigenvalue weighted by Gasteiger charge is -2.10. The number of para-hydroxylation sites is 1. The minimum atomic E-state index is -3.91. The highest BCUT2D eigenvalue weighted by Crippen LogP contribution is 2.17. The predicted octanol–water partition coefficient (Wildman–Crippen LogP) is 1.02. The quantitative estimate of drug-likeness (QED) is 0.614. The average molecular weight is 317 g/mol. The van der Waals surface area contributed by atoms with Gasteiger partial charge in [0.25, 0.3) is 0 Å². The number of rotatable bonds is 6. The molecule has 0 saturated heterocycles. The van der Waals surface area contributed by atoms with Crippen molar-refractivity contribution in [2.75, 3.05) is 18.4 Å². The number of tetrazole rings is 1. The van der Waals surface area contributed by atoms with Gasteiger partial charge in [-0.1, -0.05) is 23.3 Å². The van der Waals surface area contributed by atoms with Gasteiger partial charge in [-0.25, -0.2) is 0 Å². The maximum absolute atomic E-state index is 12.4. The highest BCUT2D eigenvalue weighted by molar-refractivity contribution is 6.32. The first-order chi connectivity index (χ1) is 9.98. The van der Waals surface area contributed by atoms with Gasteiger partial charge in [0.15, 0.2) is 0 Å². The molecule has 0 bridgehead atoms. The monoisotopic (exact) mass is 316 g/mol. The van der Waals surface area contributed by atoms with Crippen molar-refractivity contribution in [3.63, 3.8) is 0 Å². The van der Waals surface area contributed by atoms with Gasteiger partial charge in [0.2, 0.25) is 5.95 Å². The lowest BCUT2D eigenvalue weighted by molar-refractivity contribution is -0.135. The van der Waals surface area contributed by atoms with Crippen molar-refractivity contribution in [3.05, 3.63) is 30.3 Å². The molecule has 0 aliphatic rings. The molecule has 1 amide bonds. The lowest BCUT2D eigenvalue weighted by atomic mass is 10.3. The molecule has 0 aliphatic heterocycles. The Labute approximate surface area is 123 Å². The van der Waals surface area contributed by atoms with E-state index in [1.54, 1.807) is 12.1 Å². The molecule has 0 spiro atoms. The number of alkyl halides is 3. The van der Waals surface area contributed by atoms with E-state index in [0.717, 1.165) is 5.69 Å². The van der Waals surface area contributed by atoms with Crippen LogP contribution in [-0.2, 0) is 4.79 Å². The summed E-state index contributed by atoms with van der Waals surface area (Å²) in [5, 5.41) is 12.0. The van der Waals surface area contributed by atoms with Gasteiger partial charge in [0, 0.05) is 13.1 Å². The fraction of sp³-hybridized carbons (Fsp3) is 0.273. The number of hydrogen-bond acceptors (Lipinski definition) is 5. The van der Waals surface area contributed by atoms with Crippen LogP contribution in [0.25, 0.3) is 5.69 Å². The maximum atomic E-state index is 12.4. The fourth-order valence-electron chi connectivity index (χ4n) is 1.49. The lowest BCUT2D eigenvalue weighted by Crippen LogP contribution is -2.38. The Hall–Kier alpha value is -2.29. The number of nitrogens with one attached hydrogen (secondary N) is 2. The molecule has 0 saturated carbocycles. The third-order valence-corrected chi connectivity index (χ3v) is 2.59. The van der Waals surface area contributed by atoms with Crippen molar-refractivity contribution in [3.8, 4) is 5.69 Å². The molecular weight excluding hydrogens is 306 g/mol. The first-order valence-electron chi connectivity index (χ1n) is 5.91. The topological polar surface area (TPSA) is 84.7 Å².